The second kappa shape index (κ2) is 4.70. The van der Waals surface area contributed by atoms with Crippen LogP contribution in [0.3, 0.4) is 0 Å². The molecule has 6 heteroatoms. The molecular weight excluding hydrogens is 234 g/mol. The van der Waals surface area contributed by atoms with E-state index in [1.54, 1.807) is 24.3 Å². The van der Waals surface area contributed by atoms with Crippen LogP contribution in [0.15, 0.2) is 39.5 Å². The number of hydrazone groups is 1. The van der Waals surface area contributed by atoms with Crippen LogP contribution in [-0.4, -0.2) is 11.7 Å². The average molecular weight is 246 g/mol. The Bertz CT molecular complexity index is 688. The molecule has 2 aromatic rings. The summed E-state index contributed by atoms with van der Waals surface area (Å²) in [7, 11) is 0. The van der Waals surface area contributed by atoms with E-state index in [4.69, 9.17) is 10.2 Å². The first-order valence-electron chi connectivity index (χ1n) is 5.26. The number of benzene rings is 1. The van der Waals surface area contributed by atoms with E-state index in [-0.39, 0.29) is 17.3 Å². The van der Waals surface area contributed by atoms with E-state index in [0.29, 0.717) is 5.58 Å². The molecule has 2 rings (SSSR count). The Hall–Kier alpha value is -2.63. The van der Waals surface area contributed by atoms with Crippen LogP contribution in [0.4, 0.5) is 0 Å². The van der Waals surface area contributed by atoms with Crippen molar-refractivity contribution in [2.75, 3.05) is 0 Å². The molecule has 0 fully saturated rings. The Labute approximate surface area is 102 Å². The zero-order valence-corrected chi connectivity index (χ0v) is 9.69. The lowest BCUT2D eigenvalue weighted by atomic mass is 10.2. The average Bonchev–Trinajstić information content (AvgIpc) is 2.35. The summed E-state index contributed by atoms with van der Waals surface area (Å²) in [4.78, 5) is 22.4. The van der Waals surface area contributed by atoms with Crippen LogP contribution >= 0.6 is 0 Å². The molecule has 0 unspecified atom stereocenters. The number of amidine groups is 1. The van der Waals surface area contributed by atoms with Crippen LogP contribution < -0.4 is 21.9 Å². The molecule has 0 spiro atoms. The fourth-order valence-electron chi connectivity index (χ4n) is 1.47. The standard InChI is InChI=1S/C12H11N3O3/c1-7(16)14-15-11(13)9-6-8-4-2-3-5-10(8)18-12(9)17/h2-6H,1H3,(H2,13,15)(H,14,16)/p+1. The third-order valence-corrected chi connectivity index (χ3v) is 2.30. The van der Waals surface area contributed by atoms with Gasteiger partial charge in [-0.3, -0.25) is 10.5 Å². The number of nitrogens with two attached hydrogens (primary N) is 1. The fraction of sp³-hybridized carbons (Fsp3) is 0.0833. The van der Waals surface area contributed by atoms with Crippen molar-refractivity contribution >= 4 is 22.7 Å². The molecule has 6 nitrogen and oxygen atoms in total. The smallest absolute Gasteiger partial charge is 0.352 e. The minimum absolute atomic E-state index is 0.0321. The van der Waals surface area contributed by atoms with E-state index in [1.807, 2.05) is 6.07 Å². The van der Waals surface area contributed by atoms with Crippen molar-refractivity contribution < 1.29 is 14.3 Å². The Kier molecular flexibility index (Phi) is 3.09. The van der Waals surface area contributed by atoms with Gasteiger partial charge < -0.3 is 4.42 Å². The van der Waals surface area contributed by atoms with Crippen molar-refractivity contribution in [3.63, 3.8) is 0 Å². The minimum Gasteiger partial charge on any atom is -0.422 e. The third-order valence-electron chi connectivity index (χ3n) is 2.30. The van der Waals surface area contributed by atoms with Gasteiger partial charge in [0.15, 0.2) is 5.56 Å². The summed E-state index contributed by atoms with van der Waals surface area (Å²) in [5, 5.41) is 3.19. The number of nitrogens with one attached hydrogen (secondary N) is 2. The van der Waals surface area contributed by atoms with Gasteiger partial charge in [0.25, 0.3) is 5.91 Å². The lowest BCUT2D eigenvalue weighted by Gasteiger charge is -1.98. The number of rotatable bonds is 2. The second-order valence-electron chi connectivity index (χ2n) is 3.71. The quantitative estimate of drug-likeness (QED) is 0.263. The minimum atomic E-state index is -0.566. The summed E-state index contributed by atoms with van der Waals surface area (Å²) < 4.78 is 5.11. The van der Waals surface area contributed by atoms with Crippen molar-refractivity contribution in [3.8, 4) is 0 Å². The van der Waals surface area contributed by atoms with E-state index in [2.05, 4.69) is 10.5 Å². The van der Waals surface area contributed by atoms with Gasteiger partial charge >= 0.3 is 11.5 Å². The number of hydrogen-bond donors (Lipinski definition) is 3. The van der Waals surface area contributed by atoms with Crippen molar-refractivity contribution in [3.05, 3.63) is 46.3 Å². The third kappa shape index (κ3) is 2.37. The molecule has 0 radical (unpaired) electrons. The second-order valence-corrected chi connectivity index (χ2v) is 3.71. The maximum absolute atomic E-state index is 11.7. The van der Waals surface area contributed by atoms with Crippen LogP contribution in [0.5, 0.6) is 0 Å². The zero-order chi connectivity index (χ0) is 13.1. The van der Waals surface area contributed by atoms with E-state index in [9.17, 15) is 9.59 Å². The molecule has 0 aliphatic heterocycles. The summed E-state index contributed by atoms with van der Waals surface area (Å²) in [5.41, 5.74) is 8.04. The maximum atomic E-state index is 11.7. The van der Waals surface area contributed by atoms with Crippen LogP contribution in [0.25, 0.3) is 11.0 Å². The van der Waals surface area contributed by atoms with E-state index in [0.717, 1.165) is 5.39 Å². The lowest BCUT2D eigenvalue weighted by molar-refractivity contribution is -0.511. The molecule has 18 heavy (non-hydrogen) atoms. The predicted molar refractivity (Wildman–Crippen MR) is 65.6 cm³/mol. The molecule has 1 heterocycles. The number of amides is 1. The van der Waals surface area contributed by atoms with E-state index in [1.165, 1.54) is 6.92 Å². The van der Waals surface area contributed by atoms with Crippen LogP contribution in [-0.2, 0) is 4.79 Å². The van der Waals surface area contributed by atoms with Crippen LogP contribution in [0, 0.1) is 0 Å². The van der Waals surface area contributed by atoms with E-state index < -0.39 is 5.63 Å². The predicted octanol–water partition coefficient (Wildman–Crippen LogP) is -1.37. The molecule has 1 aromatic heterocycles. The van der Waals surface area contributed by atoms with Crippen molar-refractivity contribution in [1.82, 2.24) is 5.43 Å². The largest absolute Gasteiger partial charge is 0.422 e. The lowest BCUT2D eigenvalue weighted by Crippen LogP contribution is -2.86. The number of fused-ring (bicyclic) bond motifs is 1. The van der Waals surface area contributed by atoms with Crippen LogP contribution in [0.1, 0.15) is 12.5 Å². The molecule has 4 N–H and O–H groups in total. The normalized spacial score (nSPS) is 11.5. The number of carbonyl (C=O) groups is 1. The summed E-state index contributed by atoms with van der Waals surface area (Å²) >= 11 is 0. The van der Waals surface area contributed by atoms with Gasteiger partial charge in [-0.25, -0.2) is 4.79 Å². The number of para-hydroxylation sites is 1. The molecule has 0 saturated heterocycles. The topological polar surface area (TPSA) is 99.3 Å². The van der Waals surface area contributed by atoms with E-state index >= 15 is 0 Å². The van der Waals surface area contributed by atoms with Gasteiger partial charge in [0.05, 0.1) is 0 Å². The number of carbonyl (C=O) groups excluding carboxylic acids is 1. The molecule has 0 saturated carbocycles. The molecule has 92 valence electrons. The van der Waals surface area contributed by atoms with Crippen LogP contribution in [0.2, 0.25) is 0 Å². The highest BCUT2D eigenvalue weighted by atomic mass is 16.4. The number of hydrogen-bond acceptors (Lipinski definition) is 3. The molecule has 0 aliphatic rings. The van der Waals surface area contributed by atoms with Gasteiger partial charge in [-0.2, -0.15) is 10.5 Å². The molecular formula is C12H12N3O3+. The van der Waals surface area contributed by atoms with Crippen molar-refractivity contribution in [2.24, 2.45) is 5.73 Å². The molecule has 1 amide bonds. The molecule has 0 atom stereocenters. The Morgan fingerprint density at radius 3 is 2.83 bits per heavy atom. The SMILES string of the molecule is CC(=O)N[NH+]=C(N)c1cc2ccccc2oc1=O. The summed E-state index contributed by atoms with van der Waals surface area (Å²) in [6.07, 6.45) is 0. The molecule has 1 aromatic carbocycles. The molecule has 0 bridgehead atoms. The Balaban J connectivity index is 2.51. The monoisotopic (exact) mass is 246 g/mol. The van der Waals surface area contributed by atoms with Gasteiger partial charge in [0, 0.05) is 12.3 Å². The maximum Gasteiger partial charge on any atom is 0.352 e. The highest BCUT2D eigenvalue weighted by Crippen LogP contribution is 2.11. The number of nitrogen functional groups attached to an aromatic ring is 1. The Morgan fingerprint density at radius 2 is 2.11 bits per heavy atom. The summed E-state index contributed by atoms with van der Waals surface area (Å²) in [6, 6.07) is 8.69. The van der Waals surface area contributed by atoms with Gasteiger partial charge in [-0.05, 0) is 12.1 Å². The van der Waals surface area contributed by atoms with Gasteiger partial charge in [0.1, 0.15) is 5.58 Å². The highest BCUT2D eigenvalue weighted by molar-refractivity contribution is 5.95. The Morgan fingerprint density at radius 1 is 1.39 bits per heavy atom. The fourth-order valence-corrected chi connectivity index (χ4v) is 1.47. The first-order valence-corrected chi connectivity index (χ1v) is 5.26. The first kappa shape index (κ1) is 11.8. The molecule has 0 aliphatic carbocycles. The van der Waals surface area contributed by atoms with Gasteiger partial charge in [-0.1, -0.05) is 18.2 Å². The van der Waals surface area contributed by atoms with Gasteiger partial charge in [0.2, 0.25) is 0 Å². The van der Waals surface area contributed by atoms with Crippen molar-refractivity contribution in [2.45, 2.75) is 6.92 Å². The van der Waals surface area contributed by atoms with Crippen molar-refractivity contribution in [1.29, 1.82) is 0 Å². The summed E-state index contributed by atoms with van der Waals surface area (Å²) in [6.45, 7) is 1.32. The zero-order valence-electron chi connectivity index (χ0n) is 9.69. The first-order chi connectivity index (χ1) is 8.58. The number of hydrazine groups is 1. The van der Waals surface area contributed by atoms with Gasteiger partial charge in [-0.15, -0.1) is 0 Å². The highest BCUT2D eigenvalue weighted by Gasteiger charge is 2.13. The summed E-state index contributed by atoms with van der Waals surface area (Å²) in [5.74, 6) is -0.284.